The molecule has 0 bridgehead atoms. The van der Waals surface area contributed by atoms with Crippen LogP contribution in [0.5, 0.6) is 0 Å². The summed E-state index contributed by atoms with van der Waals surface area (Å²) >= 11 is 0. The number of hydrogen-bond acceptors (Lipinski definition) is 3. The predicted molar refractivity (Wildman–Crippen MR) is 88.3 cm³/mol. The number of aliphatic hydroxyl groups is 1. The summed E-state index contributed by atoms with van der Waals surface area (Å²) in [7, 11) is -3.41. The lowest BCUT2D eigenvalue weighted by molar-refractivity contribution is 0.113. The van der Waals surface area contributed by atoms with Crippen LogP contribution in [-0.2, 0) is 16.4 Å². The molecule has 0 atom stereocenters. The fraction of sp³-hybridized carbons (Fsp3) is 0.647. The van der Waals surface area contributed by atoms with Crippen molar-refractivity contribution in [2.24, 2.45) is 0 Å². The van der Waals surface area contributed by atoms with Crippen LogP contribution in [0.4, 0.5) is 0 Å². The average Bonchev–Trinajstić information content (AvgIpc) is 2.52. The second-order valence-electron chi connectivity index (χ2n) is 6.09. The van der Waals surface area contributed by atoms with Gasteiger partial charge in [-0.25, -0.2) is 8.42 Å². The first-order chi connectivity index (χ1) is 10.5. The molecule has 4 nitrogen and oxygen atoms in total. The van der Waals surface area contributed by atoms with Crippen LogP contribution in [0.25, 0.3) is 0 Å². The Morgan fingerprint density at radius 3 is 2.32 bits per heavy atom. The minimum Gasteiger partial charge on any atom is -0.393 e. The Kier molecular flexibility index (Phi) is 6.41. The summed E-state index contributed by atoms with van der Waals surface area (Å²) < 4.78 is 26.6. The molecule has 1 aromatic carbocycles. The van der Waals surface area contributed by atoms with Crippen LogP contribution >= 0.6 is 0 Å². The topological polar surface area (TPSA) is 57.6 Å². The maximum absolute atomic E-state index is 12.5. The molecule has 1 N–H and O–H groups in total. The van der Waals surface area contributed by atoms with Crippen LogP contribution in [0, 0.1) is 0 Å². The van der Waals surface area contributed by atoms with Crippen LogP contribution in [0.3, 0.4) is 0 Å². The summed E-state index contributed by atoms with van der Waals surface area (Å²) in [5.74, 6) is 0. The number of rotatable bonds is 7. The number of unbranched alkanes of at least 4 members (excludes halogenated alkanes) is 3. The van der Waals surface area contributed by atoms with Gasteiger partial charge in [0.2, 0.25) is 10.0 Å². The molecule has 0 aliphatic carbocycles. The van der Waals surface area contributed by atoms with E-state index in [9.17, 15) is 13.5 Å². The van der Waals surface area contributed by atoms with Crippen molar-refractivity contribution >= 4 is 10.0 Å². The number of hydrogen-bond donors (Lipinski definition) is 1. The van der Waals surface area contributed by atoms with E-state index in [2.05, 4.69) is 6.92 Å². The fourth-order valence-corrected chi connectivity index (χ4v) is 4.29. The van der Waals surface area contributed by atoms with Gasteiger partial charge in [-0.3, -0.25) is 0 Å². The number of aliphatic hydroxyl groups excluding tert-OH is 1. The first-order valence-electron chi connectivity index (χ1n) is 8.31. The Morgan fingerprint density at radius 1 is 1.09 bits per heavy atom. The van der Waals surface area contributed by atoms with Gasteiger partial charge < -0.3 is 5.11 Å². The van der Waals surface area contributed by atoms with Crippen molar-refractivity contribution in [3.8, 4) is 0 Å². The molecule has 1 aliphatic rings. The summed E-state index contributed by atoms with van der Waals surface area (Å²) in [6.45, 7) is 3.00. The lowest BCUT2D eigenvalue weighted by Gasteiger charge is -2.28. The molecule has 1 heterocycles. The van der Waals surface area contributed by atoms with Crippen LogP contribution in [0.1, 0.15) is 51.0 Å². The van der Waals surface area contributed by atoms with Gasteiger partial charge in [0.15, 0.2) is 0 Å². The smallest absolute Gasteiger partial charge is 0.243 e. The Balaban J connectivity index is 1.96. The van der Waals surface area contributed by atoms with E-state index in [1.165, 1.54) is 29.1 Å². The minimum absolute atomic E-state index is 0.362. The number of aryl methyl sites for hydroxylation is 1. The lowest BCUT2D eigenvalue weighted by Crippen LogP contribution is -2.39. The van der Waals surface area contributed by atoms with Crippen LogP contribution < -0.4 is 0 Å². The number of nitrogens with zero attached hydrogens (tertiary/aromatic N) is 1. The molecule has 5 heteroatoms. The van der Waals surface area contributed by atoms with E-state index in [-0.39, 0.29) is 6.10 Å². The van der Waals surface area contributed by atoms with Gasteiger partial charge in [-0.05, 0) is 43.4 Å². The van der Waals surface area contributed by atoms with Gasteiger partial charge in [0.25, 0.3) is 0 Å². The molecule has 1 saturated heterocycles. The molecule has 22 heavy (non-hydrogen) atoms. The third-order valence-electron chi connectivity index (χ3n) is 4.30. The molecule has 1 aromatic rings. The molecular weight excluding hydrogens is 298 g/mol. The van der Waals surface area contributed by atoms with Crippen molar-refractivity contribution < 1.29 is 13.5 Å². The highest BCUT2D eigenvalue weighted by molar-refractivity contribution is 7.89. The monoisotopic (exact) mass is 325 g/mol. The second-order valence-corrected chi connectivity index (χ2v) is 8.03. The first kappa shape index (κ1) is 17.4. The van der Waals surface area contributed by atoms with Crippen molar-refractivity contribution in [1.29, 1.82) is 0 Å². The molecule has 0 saturated carbocycles. The Labute approximate surface area is 134 Å². The van der Waals surface area contributed by atoms with E-state index in [1.54, 1.807) is 12.1 Å². The van der Waals surface area contributed by atoms with Crippen LogP contribution in [0.2, 0.25) is 0 Å². The molecule has 0 spiro atoms. The summed E-state index contributed by atoms with van der Waals surface area (Å²) in [5.41, 5.74) is 1.20. The molecule has 0 radical (unpaired) electrons. The van der Waals surface area contributed by atoms with Crippen molar-refractivity contribution in [2.75, 3.05) is 13.1 Å². The number of sulfonamides is 1. The largest absolute Gasteiger partial charge is 0.393 e. The molecule has 2 rings (SSSR count). The molecule has 0 amide bonds. The molecule has 0 aromatic heterocycles. The van der Waals surface area contributed by atoms with Gasteiger partial charge in [-0.2, -0.15) is 4.31 Å². The van der Waals surface area contributed by atoms with Crippen molar-refractivity contribution in [1.82, 2.24) is 4.31 Å². The van der Waals surface area contributed by atoms with Crippen molar-refractivity contribution in [3.05, 3.63) is 29.8 Å². The zero-order valence-electron chi connectivity index (χ0n) is 13.4. The van der Waals surface area contributed by atoms with Gasteiger partial charge in [-0.15, -0.1) is 0 Å². The first-order valence-corrected chi connectivity index (χ1v) is 9.75. The second kappa shape index (κ2) is 8.09. The fourth-order valence-electron chi connectivity index (χ4n) is 2.82. The summed E-state index contributed by atoms with van der Waals surface area (Å²) in [6, 6.07) is 7.29. The minimum atomic E-state index is -3.41. The van der Waals surface area contributed by atoms with Gasteiger partial charge in [0, 0.05) is 13.1 Å². The Morgan fingerprint density at radius 2 is 1.73 bits per heavy atom. The van der Waals surface area contributed by atoms with Gasteiger partial charge in [0.05, 0.1) is 11.0 Å². The molecule has 0 unspecified atom stereocenters. The highest BCUT2D eigenvalue weighted by Gasteiger charge is 2.28. The van der Waals surface area contributed by atoms with Crippen molar-refractivity contribution in [3.63, 3.8) is 0 Å². The summed E-state index contributed by atoms with van der Waals surface area (Å²) in [4.78, 5) is 0.362. The van der Waals surface area contributed by atoms with E-state index in [1.807, 2.05) is 12.1 Å². The van der Waals surface area contributed by atoms with Crippen LogP contribution in [0.15, 0.2) is 29.2 Å². The van der Waals surface area contributed by atoms with E-state index in [0.717, 1.165) is 12.8 Å². The molecule has 124 valence electrons. The third kappa shape index (κ3) is 4.54. The quantitative estimate of drug-likeness (QED) is 0.784. The maximum Gasteiger partial charge on any atom is 0.243 e. The SMILES string of the molecule is CCCCCCc1ccc(S(=O)(=O)N2CCC(O)CC2)cc1. The van der Waals surface area contributed by atoms with Crippen LogP contribution in [-0.4, -0.2) is 37.0 Å². The molecular formula is C17H27NO3S. The third-order valence-corrected chi connectivity index (χ3v) is 6.22. The lowest BCUT2D eigenvalue weighted by atomic mass is 10.1. The van der Waals surface area contributed by atoms with E-state index >= 15 is 0 Å². The zero-order chi connectivity index (χ0) is 16.0. The number of piperidine rings is 1. The van der Waals surface area contributed by atoms with E-state index < -0.39 is 10.0 Å². The summed E-state index contributed by atoms with van der Waals surface area (Å²) in [5, 5.41) is 9.50. The normalized spacial score (nSPS) is 17.7. The highest BCUT2D eigenvalue weighted by Crippen LogP contribution is 2.21. The van der Waals surface area contributed by atoms with Gasteiger partial charge >= 0.3 is 0 Å². The summed E-state index contributed by atoms with van der Waals surface area (Å²) in [6.07, 6.45) is 6.56. The predicted octanol–water partition coefficient (Wildman–Crippen LogP) is 2.95. The average molecular weight is 325 g/mol. The van der Waals surface area contributed by atoms with Crippen molar-refractivity contribution in [2.45, 2.75) is 62.9 Å². The standard InChI is InChI=1S/C17H27NO3S/c1-2-3-4-5-6-15-7-9-17(10-8-15)22(20,21)18-13-11-16(19)12-14-18/h7-10,16,19H,2-6,11-14H2,1H3. The van der Waals surface area contributed by atoms with E-state index in [0.29, 0.717) is 30.8 Å². The van der Waals surface area contributed by atoms with E-state index in [4.69, 9.17) is 0 Å². The Hall–Kier alpha value is -0.910. The maximum atomic E-state index is 12.5. The molecule has 1 aliphatic heterocycles. The molecule has 1 fully saturated rings. The van der Waals surface area contributed by atoms with Gasteiger partial charge in [0.1, 0.15) is 0 Å². The number of benzene rings is 1. The highest BCUT2D eigenvalue weighted by atomic mass is 32.2. The zero-order valence-corrected chi connectivity index (χ0v) is 14.2. The van der Waals surface area contributed by atoms with Gasteiger partial charge in [-0.1, -0.05) is 38.3 Å². The Bertz CT molecular complexity index is 546.